The Kier molecular flexibility index (Phi) is 5.92. The minimum absolute atomic E-state index is 0.309. The summed E-state index contributed by atoms with van der Waals surface area (Å²) in [5.74, 6) is 0. The van der Waals surface area contributed by atoms with Gasteiger partial charge in [0.2, 0.25) is 0 Å². The lowest BCUT2D eigenvalue weighted by atomic mass is 10.0. The molecule has 1 saturated heterocycles. The van der Waals surface area contributed by atoms with E-state index in [4.69, 9.17) is 4.74 Å². The molecule has 2 heterocycles. The minimum Gasteiger partial charge on any atom is -0.373 e. The van der Waals surface area contributed by atoms with Gasteiger partial charge in [0.05, 0.1) is 12.2 Å². The molecular formula is C19H28N2O. The molecule has 0 N–H and O–H groups in total. The van der Waals surface area contributed by atoms with Crippen LogP contribution in [0.1, 0.15) is 39.0 Å². The molecule has 0 aliphatic carbocycles. The Morgan fingerprint density at radius 2 is 1.68 bits per heavy atom. The van der Waals surface area contributed by atoms with E-state index in [1.54, 1.807) is 0 Å². The standard InChI is InChI=1S/C17H22N2O.C2H6/c1-12-9-19(10-13(2)20-12)11-15-8-18-14(3)16-6-4-5-7-17(15)16;1-2/h4-8,12-13H,9-11H2,1-3H3;1-2H3. The van der Waals surface area contributed by atoms with Crippen LogP contribution in [0, 0.1) is 6.92 Å². The molecule has 22 heavy (non-hydrogen) atoms. The molecule has 3 nitrogen and oxygen atoms in total. The van der Waals surface area contributed by atoms with Crippen molar-refractivity contribution in [3.05, 3.63) is 41.7 Å². The zero-order valence-electron chi connectivity index (χ0n) is 14.5. The summed E-state index contributed by atoms with van der Waals surface area (Å²) < 4.78 is 5.80. The minimum atomic E-state index is 0.309. The van der Waals surface area contributed by atoms with Crippen molar-refractivity contribution in [1.82, 2.24) is 9.88 Å². The first-order valence-corrected chi connectivity index (χ1v) is 8.34. The Hall–Kier alpha value is -1.45. The van der Waals surface area contributed by atoms with Gasteiger partial charge in [-0.05, 0) is 31.7 Å². The highest BCUT2D eigenvalue weighted by Crippen LogP contribution is 2.23. The van der Waals surface area contributed by atoms with E-state index in [2.05, 4.69) is 54.9 Å². The van der Waals surface area contributed by atoms with E-state index in [1.807, 2.05) is 20.0 Å². The maximum absolute atomic E-state index is 5.80. The van der Waals surface area contributed by atoms with Crippen molar-refractivity contribution in [2.45, 2.75) is 53.4 Å². The summed E-state index contributed by atoms with van der Waals surface area (Å²) in [5.41, 5.74) is 2.42. The quantitative estimate of drug-likeness (QED) is 0.832. The van der Waals surface area contributed by atoms with Gasteiger partial charge in [0.25, 0.3) is 0 Å². The van der Waals surface area contributed by atoms with Crippen molar-refractivity contribution in [2.24, 2.45) is 0 Å². The van der Waals surface area contributed by atoms with Crippen molar-refractivity contribution in [1.29, 1.82) is 0 Å². The molecule has 3 heteroatoms. The lowest BCUT2D eigenvalue weighted by Crippen LogP contribution is -2.44. The van der Waals surface area contributed by atoms with E-state index in [-0.39, 0.29) is 0 Å². The monoisotopic (exact) mass is 300 g/mol. The number of ether oxygens (including phenoxy) is 1. The van der Waals surface area contributed by atoms with Crippen LogP contribution in [0.3, 0.4) is 0 Å². The van der Waals surface area contributed by atoms with Crippen LogP contribution in [0.4, 0.5) is 0 Å². The lowest BCUT2D eigenvalue weighted by Gasteiger charge is -2.35. The van der Waals surface area contributed by atoms with Gasteiger partial charge in [-0.25, -0.2) is 0 Å². The van der Waals surface area contributed by atoms with E-state index in [1.165, 1.54) is 16.3 Å². The van der Waals surface area contributed by atoms with Gasteiger partial charge in [0.15, 0.2) is 0 Å². The summed E-state index contributed by atoms with van der Waals surface area (Å²) in [6, 6.07) is 8.55. The Balaban J connectivity index is 0.000000847. The van der Waals surface area contributed by atoms with Crippen molar-refractivity contribution in [2.75, 3.05) is 13.1 Å². The number of hydrogen-bond donors (Lipinski definition) is 0. The topological polar surface area (TPSA) is 25.4 Å². The maximum Gasteiger partial charge on any atom is 0.0678 e. The van der Waals surface area contributed by atoms with Crippen LogP contribution in [0.25, 0.3) is 10.8 Å². The zero-order chi connectivity index (χ0) is 16.1. The molecular weight excluding hydrogens is 272 g/mol. The van der Waals surface area contributed by atoms with Gasteiger partial charge >= 0.3 is 0 Å². The average Bonchev–Trinajstić information content (AvgIpc) is 2.51. The summed E-state index contributed by atoms with van der Waals surface area (Å²) in [7, 11) is 0. The predicted octanol–water partition coefficient (Wildman–Crippen LogP) is 4.18. The lowest BCUT2D eigenvalue weighted by molar-refractivity contribution is -0.0704. The second kappa shape index (κ2) is 7.70. The molecule has 1 aliphatic rings. The maximum atomic E-state index is 5.80. The SMILES string of the molecule is CC.Cc1ncc(CN2CC(C)OC(C)C2)c2ccccc12. The van der Waals surface area contributed by atoms with Crippen LogP contribution >= 0.6 is 0 Å². The van der Waals surface area contributed by atoms with Crippen LogP contribution < -0.4 is 0 Å². The number of fused-ring (bicyclic) bond motifs is 1. The Bertz CT molecular complexity index is 601. The van der Waals surface area contributed by atoms with Gasteiger partial charge in [0.1, 0.15) is 0 Å². The number of benzene rings is 1. The highest BCUT2D eigenvalue weighted by molar-refractivity contribution is 5.87. The molecule has 0 amide bonds. The van der Waals surface area contributed by atoms with Gasteiger partial charge in [-0.2, -0.15) is 0 Å². The number of rotatable bonds is 2. The highest BCUT2D eigenvalue weighted by Gasteiger charge is 2.22. The van der Waals surface area contributed by atoms with Gasteiger partial charge in [0, 0.05) is 36.9 Å². The molecule has 0 radical (unpaired) electrons. The first kappa shape index (κ1) is 16.9. The van der Waals surface area contributed by atoms with Crippen molar-refractivity contribution in [3.8, 4) is 0 Å². The molecule has 2 atom stereocenters. The van der Waals surface area contributed by atoms with Gasteiger partial charge in [-0.1, -0.05) is 38.1 Å². The molecule has 1 aliphatic heterocycles. The van der Waals surface area contributed by atoms with Crippen molar-refractivity contribution < 1.29 is 4.74 Å². The highest BCUT2D eigenvalue weighted by atomic mass is 16.5. The first-order valence-electron chi connectivity index (χ1n) is 8.34. The van der Waals surface area contributed by atoms with Crippen LogP contribution in [0.5, 0.6) is 0 Å². The molecule has 0 spiro atoms. The smallest absolute Gasteiger partial charge is 0.0678 e. The van der Waals surface area contributed by atoms with Crippen LogP contribution in [0.15, 0.2) is 30.5 Å². The van der Waals surface area contributed by atoms with E-state index in [0.29, 0.717) is 12.2 Å². The van der Waals surface area contributed by atoms with Gasteiger partial charge in [-0.15, -0.1) is 0 Å². The molecule has 2 unspecified atom stereocenters. The molecule has 120 valence electrons. The normalized spacial score (nSPS) is 22.2. The number of aryl methyl sites for hydroxylation is 1. The molecule has 1 aromatic heterocycles. The fraction of sp³-hybridized carbons (Fsp3) is 0.526. The zero-order valence-corrected chi connectivity index (χ0v) is 14.5. The summed E-state index contributed by atoms with van der Waals surface area (Å²) in [4.78, 5) is 7.02. The Labute approximate surface area is 134 Å². The summed E-state index contributed by atoms with van der Waals surface area (Å²) in [6.07, 6.45) is 2.65. The second-order valence-corrected chi connectivity index (χ2v) is 5.87. The molecule has 0 saturated carbocycles. The third-order valence-electron chi connectivity index (χ3n) is 3.97. The average molecular weight is 300 g/mol. The Morgan fingerprint density at radius 1 is 1.09 bits per heavy atom. The van der Waals surface area contributed by atoms with E-state index in [0.717, 1.165) is 25.3 Å². The van der Waals surface area contributed by atoms with E-state index in [9.17, 15) is 0 Å². The number of hydrogen-bond acceptors (Lipinski definition) is 3. The van der Waals surface area contributed by atoms with Crippen molar-refractivity contribution >= 4 is 10.8 Å². The largest absolute Gasteiger partial charge is 0.373 e. The predicted molar refractivity (Wildman–Crippen MR) is 93.1 cm³/mol. The number of morpholine rings is 1. The third-order valence-corrected chi connectivity index (χ3v) is 3.97. The number of aromatic nitrogens is 1. The molecule has 1 aromatic carbocycles. The van der Waals surface area contributed by atoms with Crippen LogP contribution in [-0.4, -0.2) is 35.2 Å². The first-order chi connectivity index (χ1) is 10.6. The Morgan fingerprint density at radius 3 is 2.32 bits per heavy atom. The summed E-state index contributed by atoms with van der Waals surface area (Å²) in [5, 5.41) is 2.59. The molecule has 3 rings (SSSR count). The van der Waals surface area contributed by atoms with E-state index < -0.39 is 0 Å². The second-order valence-electron chi connectivity index (χ2n) is 5.87. The molecule has 0 bridgehead atoms. The number of pyridine rings is 1. The fourth-order valence-corrected chi connectivity index (χ4v) is 3.17. The number of nitrogens with zero attached hydrogens (tertiary/aromatic N) is 2. The molecule has 2 aromatic rings. The van der Waals surface area contributed by atoms with E-state index >= 15 is 0 Å². The van der Waals surface area contributed by atoms with Gasteiger partial charge in [-0.3, -0.25) is 9.88 Å². The van der Waals surface area contributed by atoms with Crippen molar-refractivity contribution in [3.63, 3.8) is 0 Å². The fourth-order valence-electron chi connectivity index (χ4n) is 3.17. The third kappa shape index (κ3) is 3.84. The molecule has 1 fully saturated rings. The van der Waals surface area contributed by atoms with Crippen LogP contribution in [0.2, 0.25) is 0 Å². The van der Waals surface area contributed by atoms with Gasteiger partial charge < -0.3 is 4.74 Å². The van der Waals surface area contributed by atoms with Crippen LogP contribution in [-0.2, 0) is 11.3 Å². The summed E-state index contributed by atoms with van der Waals surface area (Å²) in [6.45, 7) is 13.3. The summed E-state index contributed by atoms with van der Waals surface area (Å²) >= 11 is 0.